The molecular formula is C44H64Br2N4O. The summed E-state index contributed by atoms with van der Waals surface area (Å²) < 4.78 is 4.72. The maximum atomic E-state index is 2.37. The summed E-state index contributed by atoms with van der Waals surface area (Å²) in [7, 11) is 0. The highest BCUT2D eigenvalue weighted by Gasteiger charge is 2.09. The van der Waals surface area contributed by atoms with E-state index < -0.39 is 0 Å². The van der Waals surface area contributed by atoms with E-state index in [4.69, 9.17) is 0 Å². The van der Waals surface area contributed by atoms with Crippen LogP contribution < -0.4 is 52.9 Å². The van der Waals surface area contributed by atoms with Crippen LogP contribution >= 0.6 is 0 Å². The average Bonchev–Trinajstić information content (AvgIpc) is 3.13. The van der Waals surface area contributed by atoms with Crippen LogP contribution in [-0.4, -0.2) is 31.7 Å². The minimum Gasteiger partial charge on any atom is -1.00 e. The predicted octanol–water partition coefficient (Wildman–Crippen LogP) is 3.11. The zero-order valence-electron chi connectivity index (χ0n) is 32.5. The van der Waals surface area contributed by atoms with Crippen LogP contribution in [0.5, 0.6) is 0 Å². The summed E-state index contributed by atoms with van der Waals surface area (Å²) in [4.78, 5) is 4.73. The molecule has 4 rings (SSSR count). The van der Waals surface area contributed by atoms with Gasteiger partial charge in [0.05, 0.1) is 0 Å². The SMILES string of the molecule is CCC[n+]1cc(CC)ccc1C=Cc1ccc(N(CC)CC)cc1.CCC[n+]1cc(CC)ccc1C=Cc1ccc(N(CC)CC)cc1.O.[Br-].[Br-]. The molecule has 280 valence electrons. The second-order valence-corrected chi connectivity index (χ2v) is 12.2. The second kappa shape index (κ2) is 26.5. The highest BCUT2D eigenvalue weighted by atomic mass is 79.9. The molecule has 2 aromatic carbocycles. The van der Waals surface area contributed by atoms with Gasteiger partial charge in [-0.25, -0.2) is 0 Å². The minimum atomic E-state index is 0. The van der Waals surface area contributed by atoms with Crippen LogP contribution in [0.25, 0.3) is 24.3 Å². The molecule has 4 aromatic rings. The fourth-order valence-corrected chi connectivity index (χ4v) is 5.93. The molecule has 0 fully saturated rings. The third-order valence-electron chi connectivity index (χ3n) is 8.92. The Kier molecular flexibility index (Phi) is 24.8. The van der Waals surface area contributed by atoms with Gasteiger partial charge in [0.15, 0.2) is 12.4 Å². The Morgan fingerprint density at radius 3 is 1.06 bits per heavy atom. The van der Waals surface area contributed by atoms with E-state index in [0.717, 1.165) is 65.0 Å². The first-order valence-electron chi connectivity index (χ1n) is 18.5. The van der Waals surface area contributed by atoms with Gasteiger partial charge in [0.2, 0.25) is 11.4 Å². The van der Waals surface area contributed by atoms with E-state index in [-0.39, 0.29) is 39.4 Å². The summed E-state index contributed by atoms with van der Waals surface area (Å²) in [6, 6.07) is 26.6. The van der Waals surface area contributed by atoms with Crippen molar-refractivity contribution < 1.29 is 48.6 Å². The Bertz CT molecular complexity index is 1440. The third-order valence-corrected chi connectivity index (χ3v) is 8.92. The van der Waals surface area contributed by atoms with Gasteiger partial charge in [0, 0.05) is 85.8 Å². The van der Waals surface area contributed by atoms with Gasteiger partial charge in [-0.3, -0.25) is 0 Å². The van der Waals surface area contributed by atoms with Crippen molar-refractivity contribution in [3.8, 4) is 0 Å². The van der Waals surface area contributed by atoms with Gasteiger partial charge in [-0.15, -0.1) is 0 Å². The van der Waals surface area contributed by atoms with Crippen LogP contribution in [0.1, 0.15) is 102 Å². The molecule has 0 aliphatic heterocycles. The average molecular weight is 825 g/mol. The molecule has 51 heavy (non-hydrogen) atoms. The van der Waals surface area contributed by atoms with Crippen molar-refractivity contribution in [3.05, 3.63) is 119 Å². The Morgan fingerprint density at radius 1 is 0.451 bits per heavy atom. The van der Waals surface area contributed by atoms with Crippen molar-refractivity contribution in [1.82, 2.24) is 0 Å². The summed E-state index contributed by atoms with van der Waals surface area (Å²) in [5.74, 6) is 0. The molecule has 0 saturated carbocycles. The zero-order chi connectivity index (χ0) is 34.7. The van der Waals surface area contributed by atoms with Crippen molar-refractivity contribution in [2.75, 3.05) is 36.0 Å². The number of rotatable bonds is 16. The number of halogens is 2. The molecule has 0 radical (unpaired) electrons. The van der Waals surface area contributed by atoms with Crippen LogP contribution in [0.2, 0.25) is 0 Å². The largest absolute Gasteiger partial charge is 1.00 e. The predicted molar refractivity (Wildman–Crippen MR) is 214 cm³/mol. The summed E-state index contributed by atoms with van der Waals surface area (Å²) in [6.07, 6.45) is 17.9. The Balaban J connectivity index is 0.000000926. The Morgan fingerprint density at radius 2 is 0.784 bits per heavy atom. The van der Waals surface area contributed by atoms with E-state index in [9.17, 15) is 0 Å². The number of benzene rings is 2. The molecule has 2 heterocycles. The molecule has 7 heteroatoms. The molecule has 2 N–H and O–H groups in total. The van der Waals surface area contributed by atoms with Crippen molar-refractivity contribution in [2.45, 2.75) is 94.2 Å². The topological polar surface area (TPSA) is 45.7 Å². The quantitative estimate of drug-likeness (QED) is 0.163. The lowest BCUT2D eigenvalue weighted by molar-refractivity contribution is -0.699. The summed E-state index contributed by atoms with van der Waals surface area (Å²) >= 11 is 0. The highest BCUT2D eigenvalue weighted by molar-refractivity contribution is 5.69. The maximum absolute atomic E-state index is 2.37. The minimum absolute atomic E-state index is 0. The first-order valence-corrected chi connectivity index (χ1v) is 18.5. The number of nitrogens with zero attached hydrogens (tertiary/aromatic N) is 4. The van der Waals surface area contributed by atoms with E-state index in [2.05, 4.69) is 184 Å². The first kappa shape index (κ1) is 47.7. The fourth-order valence-electron chi connectivity index (χ4n) is 5.93. The van der Waals surface area contributed by atoms with E-state index in [1.54, 1.807) is 0 Å². The van der Waals surface area contributed by atoms with Crippen molar-refractivity contribution in [1.29, 1.82) is 0 Å². The lowest BCUT2D eigenvalue weighted by atomic mass is 10.1. The van der Waals surface area contributed by atoms with Crippen LogP contribution in [0.3, 0.4) is 0 Å². The number of aromatic nitrogens is 2. The maximum Gasteiger partial charge on any atom is 0.205 e. The molecule has 0 amide bonds. The molecule has 5 nitrogen and oxygen atoms in total. The van der Waals surface area contributed by atoms with E-state index in [0.29, 0.717) is 0 Å². The lowest BCUT2D eigenvalue weighted by Gasteiger charge is -2.20. The van der Waals surface area contributed by atoms with E-state index >= 15 is 0 Å². The third kappa shape index (κ3) is 15.1. The number of anilines is 2. The normalized spacial score (nSPS) is 10.5. The van der Waals surface area contributed by atoms with E-state index in [1.807, 2.05) is 0 Å². The number of pyridine rings is 2. The Hall–Kier alpha value is -3.26. The van der Waals surface area contributed by atoms with Crippen LogP contribution in [0.4, 0.5) is 11.4 Å². The van der Waals surface area contributed by atoms with Gasteiger partial charge in [-0.1, -0.05) is 52.0 Å². The molecule has 0 unspecified atom stereocenters. The molecule has 0 bridgehead atoms. The van der Waals surface area contributed by atoms with Crippen LogP contribution in [0.15, 0.2) is 85.2 Å². The zero-order valence-corrected chi connectivity index (χ0v) is 35.7. The number of hydrogen-bond acceptors (Lipinski definition) is 2. The molecular weight excluding hydrogens is 760 g/mol. The molecule has 2 aromatic heterocycles. The molecule has 0 spiro atoms. The monoisotopic (exact) mass is 822 g/mol. The van der Waals surface area contributed by atoms with Gasteiger partial charge in [0.25, 0.3) is 0 Å². The summed E-state index contributed by atoms with van der Waals surface area (Å²) in [6.45, 7) is 24.0. The molecule has 0 aliphatic carbocycles. The summed E-state index contributed by atoms with van der Waals surface area (Å²) in [5, 5.41) is 0. The van der Waals surface area contributed by atoms with Gasteiger partial charge < -0.3 is 49.2 Å². The smallest absolute Gasteiger partial charge is 0.205 e. The van der Waals surface area contributed by atoms with Crippen LogP contribution in [0, 0.1) is 0 Å². The molecule has 0 saturated heterocycles. The van der Waals surface area contributed by atoms with Gasteiger partial charge in [-0.2, -0.15) is 9.13 Å². The van der Waals surface area contributed by atoms with Crippen LogP contribution in [-0.2, 0) is 25.9 Å². The number of aryl methyl sites for hydroxylation is 4. The Labute approximate surface area is 331 Å². The standard InChI is InChI=1S/2C22H31N2.2BrH.H2O/c2*1-5-17-24-18-19(6-2)9-13-22(24)16-12-20-10-14-21(15-11-20)23(7-3)8-4;;;/h2*9-16,18H,5-8,17H2,1-4H3;2*1H;1H2/q2*+1;;;/p-2. The van der Waals surface area contributed by atoms with E-state index in [1.165, 1.54) is 45.0 Å². The lowest BCUT2D eigenvalue weighted by Crippen LogP contribution is -3.00. The number of hydrogen-bond donors (Lipinski definition) is 0. The van der Waals surface area contributed by atoms with Crippen molar-refractivity contribution in [2.24, 2.45) is 0 Å². The molecule has 0 aliphatic rings. The second-order valence-electron chi connectivity index (χ2n) is 12.2. The fraction of sp³-hybridized carbons (Fsp3) is 0.409. The van der Waals surface area contributed by atoms with Gasteiger partial charge >= 0.3 is 0 Å². The first-order chi connectivity index (χ1) is 23.4. The van der Waals surface area contributed by atoms with Gasteiger partial charge in [0.1, 0.15) is 13.1 Å². The summed E-state index contributed by atoms with van der Waals surface area (Å²) in [5.41, 5.74) is 10.4. The van der Waals surface area contributed by atoms with Crippen molar-refractivity contribution in [3.63, 3.8) is 0 Å². The van der Waals surface area contributed by atoms with Crippen molar-refractivity contribution >= 4 is 35.7 Å². The van der Waals surface area contributed by atoms with Gasteiger partial charge in [-0.05, 0) is 100 Å². The highest BCUT2D eigenvalue weighted by Crippen LogP contribution is 2.18. The molecule has 0 atom stereocenters.